The Hall–Kier alpha value is 0.490. The van der Waals surface area contributed by atoms with Crippen LogP contribution in [0.1, 0.15) is 0 Å². The summed E-state index contributed by atoms with van der Waals surface area (Å²) in [7, 11) is 0. The summed E-state index contributed by atoms with van der Waals surface area (Å²) in [5.41, 5.74) is 0. The molecule has 0 spiro atoms. The lowest BCUT2D eigenvalue weighted by Crippen LogP contribution is -2.28. The molecule has 6 heteroatoms. The van der Waals surface area contributed by atoms with Crippen LogP contribution in [0, 0.1) is 0 Å². The molecule has 0 heterocycles. The van der Waals surface area contributed by atoms with Gasteiger partial charge < -0.3 is 15.3 Å². The van der Waals surface area contributed by atoms with Crippen molar-refractivity contribution in [1.82, 2.24) is 0 Å². The lowest BCUT2D eigenvalue weighted by molar-refractivity contribution is -0.277. The molecule has 0 saturated heterocycles. The minimum atomic E-state index is -3.09. The van der Waals surface area contributed by atoms with Crippen molar-refractivity contribution >= 4 is 34.8 Å². The Balaban J connectivity index is 4.47. The number of allylic oxidation sites excluding steroid dienone is 1. The molecule has 0 aromatic rings. The highest BCUT2D eigenvalue weighted by molar-refractivity contribution is 6.42. The maximum Gasteiger partial charge on any atom is 0.316 e. The summed E-state index contributed by atoms with van der Waals surface area (Å²) in [6.45, 7) is 0. The largest absolute Gasteiger partial charge is 0.339 e. The Morgan fingerprint density at radius 2 is 1.60 bits per heavy atom. The maximum atomic E-state index is 8.37. The minimum Gasteiger partial charge on any atom is -0.339 e. The molecule has 3 N–H and O–H groups in total. The predicted octanol–water partition coefficient (Wildman–Crippen LogP) is 0.545. The van der Waals surface area contributed by atoms with Crippen LogP contribution in [0.4, 0.5) is 0 Å². The Morgan fingerprint density at radius 3 is 1.70 bits per heavy atom. The fraction of sp³-hybridized carbons (Fsp3) is 0.500. The molecule has 60 valence electrons. The van der Waals surface area contributed by atoms with E-state index in [0.29, 0.717) is 0 Å². The number of alkyl halides is 1. The van der Waals surface area contributed by atoms with E-state index < -0.39 is 11.0 Å². The summed E-state index contributed by atoms with van der Waals surface area (Å²) in [5.74, 6) is -3.28. The second kappa shape index (κ2) is 3.76. The van der Waals surface area contributed by atoms with Crippen LogP contribution in [0.15, 0.2) is 10.1 Å². The van der Waals surface area contributed by atoms with Crippen molar-refractivity contribution in [1.29, 1.82) is 0 Å². The number of halogens is 3. The highest BCUT2D eigenvalue weighted by atomic mass is 35.5. The fourth-order valence-electron chi connectivity index (χ4n) is 0.241. The molecule has 0 aromatic carbocycles. The molecule has 0 radical (unpaired) electrons. The number of aliphatic hydroxyl groups is 3. The van der Waals surface area contributed by atoms with E-state index in [1.165, 1.54) is 0 Å². The Labute approximate surface area is 72.4 Å². The predicted molar refractivity (Wildman–Crippen MR) is 38.8 cm³/mol. The quantitative estimate of drug-likeness (QED) is 0.458. The second-order valence-electron chi connectivity index (χ2n) is 1.49. The summed E-state index contributed by atoms with van der Waals surface area (Å²) in [5, 5.41) is 24.2. The van der Waals surface area contributed by atoms with E-state index in [9.17, 15) is 0 Å². The zero-order valence-electron chi connectivity index (χ0n) is 4.68. The average molecular weight is 207 g/mol. The molecule has 0 aromatic heterocycles. The third-order valence-electron chi connectivity index (χ3n) is 0.650. The van der Waals surface area contributed by atoms with E-state index >= 15 is 0 Å². The van der Waals surface area contributed by atoms with Crippen molar-refractivity contribution in [3.8, 4) is 0 Å². The number of rotatable bonds is 2. The molecule has 0 bridgehead atoms. The van der Waals surface area contributed by atoms with Gasteiger partial charge in [0.15, 0.2) is 0 Å². The van der Waals surface area contributed by atoms with Gasteiger partial charge in [-0.15, -0.1) is 11.6 Å². The van der Waals surface area contributed by atoms with Crippen LogP contribution in [-0.4, -0.2) is 27.2 Å². The zero-order valence-corrected chi connectivity index (χ0v) is 6.95. The van der Waals surface area contributed by atoms with E-state index in [1.807, 2.05) is 0 Å². The smallest absolute Gasteiger partial charge is 0.316 e. The number of hydrogen-bond acceptors (Lipinski definition) is 3. The van der Waals surface area contributed by atoms with Gasteiger partial charge in [-0.05, 0) is 0 Å². The average Bonchev–Trinajstić information content (AvgIpc) is 1.83. The summed E-state index contributed by atoms with van der Waals surface area (Å²) in [4.78, 5) is 0. The third-order valence-corrected chi connectivity index (χ3v) is 1.96. The van der Waals surface area contributed by atoms with Crippen molar-refractivity contribution in [3.05, 3.63) is 10.1 Å². The molecular weight excluding hydrogens is 202 g/mol. The monoisotopic (exact) mass is 206 g/mol. The van der Waals surface area contributed by atoms with Crippen LogP contribution in [0.3, 0.4) is 0 Å². The van der Waals surface area contributed by atoms with E-state index in [4.69, 9.17) is 50.1 Å². The first-order valence-corrected chi connectivity index (χ1v) is 3.46. The molecule has 10 heavy (non-hydrogen) atoms. The van der Waals surface area contributed by atoms with Crippen molar-refractivity contribution in [2.45, 2.75) is 5.97 Å². The van der Waals surface area contributed by atoms with Crippen molar-refractivity contribution in [2.24, 2.45) is 0 Å². The van der Waals surface area contributed by atoms with Gasteiger partial charge in [0.05, 0.1) is 10.9 Å². The van der Waals surface area contributed by atoms with Crippen LogP contribution in [0.2, 0.25) is 0 Å². The Bertz CT molecular complexity index is 148. The van der Waals surface area contributed by atoms with Crippen LogP contribution < -0.4 is 0 Å². The lowest BCUT2D eigenvalue weighted by atomic mass is 10.4. The normalized spacial score (nSPS) is 15.0. The third kappa shape index (κ3) is 3.05. The Morgan fingerprint density at radius 1 is 1.20 bits per heavy atom. The standard InChI is InChI=1S/C4H5Cl3O3/c5-1-2(6)3(7)4(8,9)10/h8-10H,1H2. The summed E-state index contributed by atoms with van der Waals surface area (Å²) in [6, 6.07) is 0. The molecule has 0 aliphatic carbocycles. The molecule has 0 aliphatic rings. The molecule has 0 amide bonds. The van der Waals surface area contributed by atoms with Gasteiger partial charge in [-0.25, -0.2) is 0 Å². The summed E-state index contributed by atoms with van der Waals surface area (Å²) >= 11 is 15.5. The molecule has 0 unspecified atom stereocenters. The first kappa shape index (κ1) is 10.5. The molecule has 0 atom stereocenters. The van der Waals surface area contributed by atoms with Crippen molar-refractivity contribution < 1.29 is 15.3 Å². The maximum absolute atomic E-state index is 8.37. The van der Waals surface area contributed by atoms with E-state index in [0.717, 1.165) is 0 Å². The molecule has 0 rings (SSSR count). The van der Waals surface area contributed by atoms with Crippen LogP contribution in [0.25, 0.3) is 0 Å². The van der Waals surface area contributed by atoms with Gasteiger partial charge in [0.1, 0.15) is 5.03 Å². The Kier molecular flexibility index (Phi) is 3.94. The highest BCUT2D eigenvalue weighted by Gasteiger charge is 2.26. The fourth-order valence-corrected chi connectivity index (χ4v) is 0.636. The molecule has 0 fully saturated rings. The van der Waals surface area contributed by atoms with Gasteiger partial charge in [0.25, 0.3) is 0 Å². The minimum absolute atomic E-state index is 0.191. The van der Waals surface area contributed by atoms with Crippen molar-refractivity contribution in [3.63, 3.8) is 0 Å². The zero-order chi connectivity index (χ0) is 8.36. The second-order valence-corrected chi connectivity index (χ2v) is 2.59. The van der Waals surface area contributed by atoms with E-state index in [-0.39, 0.29) is 10.9 Å². The van der Waals surface area contributed by atoms with Gasteiger partial charge in [-0.1, -0.05) is 23.2 Å². The lowest BCUT2D eigenvalue weighted by Gasteiger charge is -2.13. The van der Waals surface area contributed by atoms with Gasteiger partial charge in [0, 0.05) is 0 Å². The summed E-state index contributed by atoms with van der Waals surface area (Å²) in [6.07, 6.45) is 0. The van der Waals surface area contributed by atoms with E-state index in [2.05, 4.69) is 0 Å². The van der Waals surface area contributed by atoms with Crippen LogP contribution >= 0.6 is 34.8 Å². The van der Waals surface area contributed by atoms with Gasteiger partial charge >= 0.3 is 5.97 Å². The van der Waals surface area contributed by atoms with E-state index in [1.54, 1.807) is 0 Å². The highest BCUT2D eigenvalue weighted by Crippen LogP contribution is 2.22. The van der Waals surface area contributed by atoms with Gasteiger partial charge in [-0.2, -0.15) is 0 Å². The molecule has 0 aliphatic heterocycles. The molecular formula is C4H5Cl3O3. The SMILES string of the molecule is OC(O)(O)C(Cl)=C(Cl)CCl. The van der Waals surface area contributed by atoms with Gasteiger partial charge in [0.2, 0.25) is 0 Å². The van der Waals surface area contributed by atoms with Crippen LogP contribution in [-0.2, 0) is 0 Å². The summed E-state index contributed by atoms with van der Waals surface area (Å²) < 4.78 is 0. The van der Waals surface area contributed by atoms with Crippen LogP contribution in [0.5, 0.6) is 0 Å². The topological polar surface area (TPSA) is 60.7 Å². The van der Waals surface area contributed by atoms with Gasteiger partial charge in [-0.3, -0.25) is 0 Å². The first-order chi connectivity index (χ1) is 4.39. The molecule has 3 nitrogen and oxygen atoms in total. The first-order valence-electron chi connectivity index (χ1n) is 2.17. The molecule has 0 saturated carbocycles. The number of hydrogen-bond donors (Lipinski definition) is 3. The van der Waals surface area contributed by atoms with Crippen molar-refractivity contribution in [2.75, 3.05) is 5.88 Å².